The highest BCUT2D eigenvalue weighted by Crippen LogP contribution is 2.24. The van der Waals surface area contributed by atoms with Crippen molar-refractivity contribution >= 4 is 23.4 Å². The molecule has 1 unspecified atom stereocenters. The van der Waals surface area contributed by atoms with Crippen molar-refractivity contribution in [3.8, 4) is 0 Å². The quantitative estimate of drug-likeness (QED) is 0.651. The number of nitrogens with one attached hydrogen (secondary N) is 2. The van der Waals surface area contributed by atoms with E-state index in [2.05, 4.69) is 10.6 Å². The Morgan fingerprint density at radius 2 is 2.00 bits per heavy atom. The van der Waals surface area contributed by atoms with Crippen LogP contribution in [-0.2, 0) is 19.1 Å². The number of carbonyl (C=O) groups is 3. The predicted molar refractivity (Wildman–Crippen MR) is 112 cm³/mol. The standard InChI is InChI=1S/C22H30FN3O5/c1-30-12-8-20(27)25-19-5-4-16(23)13-18(19)22(29)26-9-6-15(7-10-26)21(28)24-14-17-3-2-11-31-17/h4-5,13,15,17H,2-3,6-12,14H2,1H3,(H,24,28)(H,25,27). The number of hydrogen-bond acceptors (Lipinski definition) is 5. The van der Waals surface area contributed by atoms with E-state index in [1.54, 1.807) is 4.90 Å². The molecule has 31 heavy (non-hydrogen) atoms. The van der Waals surface area contributed by atoms with E-state index in [1.807, 2.05) is 0 Å². The molecule has 2 N–H and O–H groups in total. The lowest BCUT2D eigenvalue weighted by Crippen LogP contribution is -2.44. The van der Waals surface area contributed by atoms with Crippen LogP contribution in [0.15, 0.2) is 18.2 Å². The third kappa shape index (κ3) is 6.48. The van der Waals surface area contributed by atoms with Gasteiger partial charge in [0.1, 0.15) is 5.82 Å². The van der Waals surface area contributed by atoms with Gasteiger partial charge in [0.25, 0.3) is 5.91 Å². The molecule has 3 rings (SSSR count). The molecule has 8 nitrogen and oxygen atoms in total. The van der Waals surface area contributed by atoms with Crippen molar-refractivity contribution in [2.45, 2.75) is 38.2 Å². The number of anilines is 1. The molecule has 2 saturated heterocycles. The van der Waals surface area contributed by atoms with Gasteiger partial charge >= 0.3 is 0 Å². The first-order valence-corrected chi connectivity index (χ1v) is 10.7. The van der Waals surface area contributed by atoms with E-state index in [4.69, 9.17) is 9.47 Å². The van der Waals surface area contributed by atoms with Gasteiger partial charge in [0.15, 0.2) is 0 Å². The second-order valence-electron chi connectivity index (χ2n) is 7.93. The smallest absolute Gasteiger partial charge is 0.256 e. The highest BCUT2D eigenvalue weighted by molar-refractivity contribution is 6.03. The number of amides is 3. The van der Waals surface area contributed by atoms with Gasteiger partial charge in [-0.15, -0.1) is 0 Å². The molecule has 170 valence electrons. The van der Waals surface area contributed by atoms with Crippen LogP contribution >= 0.6 is 0 Å². The molecule has 0 radical (unpaired) electrons. The molecule has 2 aliphatic rings. The monoisotopic (exact) mass is 435 g/mol. The first-order chi connectivity index (χ1) is 15.0. The maximum atomic E-state index is 13.8. The molecule has 0 saturated carbocycles. The summed E-state index contributed by atoms with van der Waals surface area (Å²) in [6.07, 6.45) is 3.29. The number of methoxy groups -OCH3 is 1. The van der Waals surface area contributed by atoms with Crippen molar-refractivity contribution in [2.24, 2.45) is 5.92 Å². The molecule has 0 bridgehead atoms. The molecule has 3 amide bonds. The first-order valence-electron chi connectivity index (χ1n) is 10.7. The summed E-state index contributed by atoms with van der Waals surface area (Å²) in [6.45, 7) is 2.30. The Kier molecular flexibility index (Phi) is 8.36. The van der Waals surface area contributed by atoms with Crippen molar-refractivity contribution < 1.29 is 28.2 Å². The number of benzene rings is 1. The minimum atomic E-state index is -0.554. The number of rotatable bonds is 8. The zero-order valence-corrected chi connectivity index (χ0v) is 17.8. The zero-order valence-electron chi connectivity index (χ0n) is 17.8. The second-order valence-corrected chi connectivity index (χ2v) is 7.93. The summed E-state index contributed by atoms with van der Waals surface area (Å²) in [5, 5.41) is 5.60. The molecule has 0 aromatic heterocycles. The molecular formula is C22H30FN3O5. The van der Waals surface area contributed by atoms with Gasteiger partial charge in [-0.05, 0) is 43.9 Å². The van der Waals surface area contributed by atoms with E-state index in [1.165, 1.54) is 19.2 Å². The average molecular weight is 435 g/mol. The third-order valence-corrected chi connectivity index (χ3v) is 5.70. The van der Waals surface area contributed by atoms with Crippen LogP contribution in [-0.4, -0.2) is 68.7 Å². The van der Waals surface area contributed by atoms with Crippen LogP contribution in [0.4, 0.5) is 10.1 Å². The van der Waals surface area contributed by atoms with E-state index >= 15 is 0 Å². The van der Waals surface area contributed by atoms with Crippen molar-refractivity contribution in [2.75, 3.05) is 45.3 Å². The van der Waals surface area contributed by atoms with E-state index in [-0.39, 0.29) is 54.0 Å². The summed E-state index contributed by atoms with van der Waals surface area (Å²) in [6, 6.07) is 3.72. The second kappa shape index (κ2) is 11.2. The lowest BCUT2D eigenvalue weighted by molar-refractivity contribution is -0.126. The summed E-state index contributed by atoms with van der Waals surface area (Å²) in [4.78, 5) is 39.1. The van der Waals surface area contributed by atoms with Gasteiger partial charge < -0.3 is 25.0 Å². The van der Waals surface area contributed by atoms with E-state index in [9.17, 15) is 18.8 Å². The van der Waals surface area contributed by atoms with Gasteiger partial charge in [-0.1, -0.05) is 0 Å². The molecule has 1 aromatic carbocycles. The topological polar surface area (TPSA) is 97.0 Å². The molecule has 0 spiro atoms. The number of piperidine rings is 1. The average Bonchev–Trinajstić information content (AvgIpc) is 3.30. The summed E-state index contributed by atoms with van der Waals surface area (Å²) < 4.78 is 24.2. The van der Waals surface area contributed by atoms with Crippen molar-refractivity contribution in [1.29, 1.82) is 0 Å². The molecule has 1 atom stereocenters. The van der Waals surface area contributed by atoms with Gasteiger partial charge in [-0.2, -0.15) is 0 Å². The fourth-order valence-electron chi connectivity index (χ4n) is 3.89. The number of halogens is 1. The summed E-state index contributed by atoms with van der Waals surface area (Å²) >= 11 is 0. The van der Waals surface area contributed by atoms with E-state index < -0.39 is 5.82 Å². The Morgan fingerprint density at radius 1 is 1.23 bits per heavy atom. The van der Waals surface area contributed by atoms with Gasteiger partial charge in [0.05, 0.1) is 30.4 Å². The number of carbonyl (C=O) groups excluding carboxylic acids is 3. The summed E-state index contributed by atoms with van der Waals surface area (Å²) in [7, 11) is 1.49. The highest BCUT2D eigenvalue weighted by Gasteiger charge is 2.29. The lowest BCUT2D eigenvalue weighted by atomic mass is 9.95. The largest absolute Gasteiger partial charge is 0.384 e. The van der Waals surface area contributed by atoms with Gasteiger partial charge in [0.2, 0.25) is 11.8 Å². The van der Waals surface area contributed by atoms with Crippen LogP contribution < -0.4 is 10.6 Å². The van der Waals surface area contributed by atoms with Crippen LogP contribution in [0.1, 0.15) is 42.5 Å². The minimum Gasteiger partial charge on any atom is -0.384 e. The Labute approximate surface area is 181 Å². The number of nitrogens with zero attached hydrogens (tertiary/aromatic N) is 1. The van der Waals surface area contributed by atoms with Crippen LogP contribution in [0.2, 0.25) is 0 Å². The maximum Gasteiger partial charge on any atom is 0.256 e. The predicted octanol–water partition coefficient (Wildman–Crippen LogP) is 1.95. The van der Waals surface area contributed by atoms with Gasteiger partial charge in [-0.25, -0.2) is 4.39 Å². The Hall–Kier alpha value is -2.52. The van der Waals surface area contributed by atoms with Crippen LogP contribution in [0.25, 0.3) is 0 Å². The molecule has 0 aliphatic carbocycles. The molecule has 9 heteroatoms. The normalized spacial score (nSPS) is 19.3. The zero-order chi connectivity index (χ0) is 22.2. The van der Waals surface area contributed by atoms with Crippen LogP contribution in [0, 0.1) is 11.7 Å². The Bertz CT molecular complexity index is 789. The summed E-state index contributed by atoms with van der Waals surface area (Å²) in [5.41, 5.74) is 0.371. The SMILES string of the molecule is COCCC(=O)Nc1ccc(F)cc1C(=O)N1CCC(C(=O)NCC2CCCO2)CC1. The molecule has 2 aliphatic heterocycles. The third-order valence-electron chi connectivity index (χ3n) is 5.70. The molecular weight excluding hydrogens is 405 g/mol. The van der Waals surface area contributed by atoms with E-state index in [0.717, 1.165) is 25.5 Å². The van der Waals surface area contributed by atoms with Crippen LogP contribution in [0.3, 0.4) is 0 Å². The number of hydrogen-bond donors (Lipinski definition) is 2. The van der Waals surface area contributed by atoms with Gasteiger partial charge in [0, 0.05) is 39.3 Å². The first kappa shape index (κ1) is 23.1. The lowest BCUT2D eigenvalue weighted by Gasteiger charge is -2.32. The molecule has 1 aromatic rings. The Morgan fingerprint density at radius 3 is 2.68 bits per heavy atom. The minimum absolute atomic E-state index is 0.0144. The maximum absolute atomic E-state index is 13.8. The summed E-state index contributed by atoms with van der Waals surface area (Å²) in [5.74, 6) is -1.41. The number of ether oxygens (including phenoxy) is 2. The van der Waals surface area contributed by atoms with Gasteiger partial charge in [-0.3, -0.25) is 14.4 Å². The molecule has 2 fully saturated rings. The van der Waals surface area contributed by atoms with Crippen molar-refractivity contribution in [3.05, 3.63) is 29.6 Å². The highest BCUT2D eigenvalue weighted by atomic mass is 19.1. The van der Waals surface area contributed by atoms with Crippen molar-refractivity contribution in [1.82, 2.24) is 10.2 Å². The molecule has 2 heterocycles. The number of likely N-dealkylation sites (tertiary alicyclic amines) is 1. The fourth-order valence-corrected chi connectivity index (χ4v) is 3.89. The Balaban J connectivity index is 1.55. The van der Waals surface area contributed by atoms with Crippen LogP contribution in [0.5, 0.6) is 0 Å². The van der Waals surface area contributed by atoms with E-state index in [0.29, 0.717) is 32.5 Å². The van der Waals surface area contributed by atoms with Crippen molar-refractivity contribution in [3.63, 3.8) is 0 Å². The fraction of sp³-hybridized carbons (Fsp3) is 0.591.